The molecule has 2 aliphatic heterocycles. The standard InChI is InChI=1S/C29H31F2NO2.C16H21F2NO2/c1-4-34-28(33)23-15-22(16-25(30)17-23)26(29(2,3)31)24-18-32(19-24)27(20-11-7-5-8-12-20)21-13-9-6-10-14-21;1-4-21-15(20)11-5-10(6-13(17)7-11)14(16(2,3)18)12-8-19-9-12/h5-17,24,26-27H,4,18-19H2,1-3H3;5-7,12,14,19H,4,8-9H2,1-3H3. The molecule has 6 nitrogen and oxygen atoms in total. The van der Waals surface area contributed by atoms with Crippen molar-refractivity contribution in [1.29, 1.82) is 0 Å². The number of halogens is 4. The lowest BCUT2D eigenvalue weighted by Gasteiger charge is -2.50. The van der Waals surface area contributed by atoms with Crippen LogP contribution < -0.4 is 5.32 Å². The number of ether oxygens (including phenoxy) is 2. The lowest BCUT2D eigenvalue weighted by molar-refractivity contribution is 0.00804. The van der Waals surface area contributed by atoms with Gasteiger partial charge in [-0.15, -0.1) is 0 Å². The number of carbonyl (C=O) groups is 2. The van der Waals surface area contributed by atoms with E-state index in [2.05, 4.69) is 34.5 Å². The lowest BCUT2D eigenvalue weighted by atomic mass is 9.72. The molecule has 4 aromatic rings. The van der Waals surface area contributed by atoms with Gasteiger partial charge < -0.3 is 14.8 Å². The molecule has 0 aliphatic carbocycles. The monoisotopic (exact) mass is 760 g/mol. The van der Waals surface area contributed by atoms with Gasteiger partial charge in [0.1, 0.15) is 23.0 Å². The summed E-state index contributed by atoms with van der Waals surface area (Å²) in [6.45, 7) is 12.6. The summed E-state index contributed by atoms with van der Waals surface area (Å²) in [6, 6.07) is 28.7. The van der Waals surface area contributed by atoms with Crippen LogP contribution in [0.15, 0.2) is 97.1 Å². The van der Waals surface area contributed by atoms with E-state index in [1.807, 2.05) is 36.4 Å². The highest BCUT2D eigenvalue weighted by molar-refractivity contribution is 5.90. The van der Waals surface area contributed by atoms with Crippen LogP contribution in [-0.4, -0.2) is 67.6 Å². The first-order valence-corrected chi connectivity index (χ1v) is 19.0. The molecule has 10 heteroatoms. The molecule has 0 spiro atoms. The van der Waals surface area contributed by atoms with Crippen LogP contribution in [0.4, 0.5) is 17.6 Å². The minimum atomic E-state index is -1.59. The molecule has 2 unspecified atom stereocenters. The van der Waals surface area contributed by atoms with E-state index in [9.17, 15) is 22.8 Å². The maximum absolute atomic E-state index is 15.5. The van der Waals surface area contributed by atoms with Crippen LogP contribution in [0, 0.1) is 23.5 Å². The Bertz CT molecular complexity index is 1850. The summed E-state index contributed by atoms with van der Waals surface area (Å²) in [5.41, 5.74) is 0.533. The lowest BCUT2D eigenvalue weighted by Crippen LogP contribution is -2.53. The van der Waals surface area contributed by atoms with Gasteiger partial charge in [-0.05, 0) is 125 Å². The van der Waals surface area contributed by atoms with E-state index in [-0.39, 0.29) is 42.2 Å². The third kappa shape index (κ3) is 10.4. The highest BCUT2D eigenvalue weighted by atomic mass is 19.1. The number of nitrogens with zero attached hydrogens (tertiary/aromatic N) is 1. The summed E-state index contributed by atoms with van der Waals surface area (Å²) in [5, 5.41) is 3.10. The van der Waals surface area contributed by atoms with Gasteiger partial charge in [0.05, 0.1) is 30.4 Å². The predicted octanol–water partition coefficient (Wildman–Crippen LogP) is 9.61. The van der Waals surface area contributed by atoms with Crippen LogP contribution >= 0.6 is 0 Å². The van der Waals surface area contributed by atoms with E-state index >= 15 is 4.39 Å². The first-order valence-electron chi connectivity index (χ1n) is 19.0. The van der Waals surface area contributed by atoms with Crippen LogP contribution in [0.5, 0.6) is 0 Å². The summed E-state index contributed by atoms with van der Waals surface area (Å²) < 4.78 is 68.3. The highest BCUT2D eigenvalue weighted by Gasteiger charge is 2.45. The van der Waals surface area contributed by atoms with E-state index in [0.29, 0.717) is 37.3 Å². The van der Waals surface area contributed by atoms with Crippen molar-refractivity contribution < 1.29 is 36.6 Å². The molecule has 0 aromatic heterocycles. The Morgan fingerprint density at radius 1 is 0.655 bits per heavy atom. The number of rotatable bonds is 13. The molecule has 0 saturated carbocycles. The fraction of sp³-hybridized carbons (Fsp3) is 0.422. The molecule has 2 saturated heterocycles. The molecule has 0 radical (unpaired) electrons. The molecular formula is C45H52F4N2O4. The Hall–Kier alpha value is -4.54. The fourth-order valence-electron chi connectivity index (χ4n) is 8.11. The van der Waals surface area contributed by atoms with Crippen molar-refractivity contribution in [3.8, 4) is 0 Å². The van der Waals surface area contributed by atoms with Gasteiger partial charge in [-0.1, -0.05) is 60.7 Å². The number of carbonyl (C=O) groups excluding carboxylic acids is 2. The molecule has 2 heterocycles. The first-order chi connectivity index (χ1) is 26.1. The Morgan fingerprint density at radius 2 is 1.05 bits per heavy atom. The van der Waals surface area contributed by atoms with Crippen molar-refractivity contribution in [1.82, 2.24) is 10.2 Å². The summed E-state index contributed by atoms with van der Waals surface area (Å²) >= 11 is 0. The van der Waals surface area contributed by atoms with Crippen LogP contribution in [0.3, 0.4) is 0 Å². The maximum Gasteiger partial charge on any atom is 0.338 e. The van der Waals surface area contributed by atoms with Crippen molar-refractivity contribution in [2.75, 3.05) is 39.4 Å². The summed E-state index contributed by atoms with van der Waals surface area (Å²) in [5.74, 6) is -3.21. The first kappa shape index (κ1) is 41.6. The van der Waals surface area contributed by atoms with E-state index < -0.39 is 46.7 Å². The molecular weight excluding hydrogens is 708 g/mol. The zero-order valence-corrected chi connectivity index (χ0v) is 32.5. The summed E-state index contributed by atoms with van der Waals surface area (Å²) in [6.07, 6.45) is 0. The quantitative estimate of drug-likeness (QED) is 0.108. The van der Waals surface area contributed by atoms with Gasteiger partial charge in [0, 0.05) is 24.9 Å². The minimum Gasteiger partial charge on any atom is -0.462 e. The number of hydrogen-bond acceptors (Lipinski definition) is 6. The van der Waals surface area contributed by atoms with Crippen LogP contribution in [0.1, 0.15) is 102 Å². The van der Waals surface area contributed by atoms with Crippen LogP contribution in [0.25, 0.3) is 0 Å². The molecule has 1 N–H and O–H groups in total. The molecule has 2 aliphatic rings. The van der Waals surface area contributed by atoms with Gasteiger partial charge in [0.25, 0.3) is 0 Å². The van der Waals surface area contributed by atoms with Crippen molar-refractivity contribution in [3.05, 3.63) is 142 Å². The third-order valence-corrected chi connectivity index (χ3v) is 10.3. The summed E-state index contributed by atoms with van der Waals surface area (Å²) in [7, 11) is 0. The Kier molecular flexibility index (Phi) is 13.6. The topological polar surface area (TPSA) is 67.9 Å². The SMILES string of the molecule is CCOC(=O)c1cc(F)cc(C(C2CN(C(c3ccccc3)c3ccccc3)C2)C(C)(C)F)c1.CCOC(=O)c1cc(F)cc(C(C2CNC2)C(C)(C)F)c1. The van der Waals surface area contributed by atoms with Crippen molar-refractivity contribution in [3.63, 3.8) is 0 Å². The largest absolute Gasteiger partial charge is 0.462 e. The van der Waals surface area contributed by atoms with Gasteiger partial charge in [0.2, 0.25) is 0 Å². The number of benzene rings is 4. The number of esters is 2. The average Bonchev–Trinajstić information content (AvgIpc) is 3.08. The molecule has 4 aromatic carbocycles. The summed E-state index contributed by atoms with van der Waals surface area (Å²) in [4.78, 5) is 26.4. The zero-order valence-electron chi connectivity index (χ0n) is 32.5. The number of hydrogen-bond donors (Lipinski definition) is 1. The van der Waals surface area contributed by atoms with Gasteiger partial charge in [-0.2, -0.15) is 0 Å². The fourth-order valence-corrected chi connectivity index (χ4v) is 8.11. The normalized spacial score (nSPS) is 16.3. The number of likely N-dealkylation sites (tertiary alicyclic amines) is 1. The van der Waals surface area contributed by atoms with Gasteiger partial charge in [-0.3, -0.25) is 4.90 Å². The average molecular weight is 761 g/mol. The van der Waals surface area contributed by atoms with Crippen molar-refractivity contribution >= 4 is 11.9 Å². The molecule has 55 heavy (non-hydrogen) atoms. The minimum absolute atomic E-state index is 0.0215. The molecule has 294 valence electrons. The second kappa shape index (κ2) is 17.9. The van der Waals surface area contributed by atoms with Gasteiger partial charge in [-0.25, -0.2) is 27.2 Å². The van der Waals surface area contributed by atoms with E-state index in [0.717, 1.165) is 12.1 Å². The Balaban J connectivity index is 0.000000237. The molecule has 0 amide bonds. The smallest absolute Gasteiger partial charge is 0.338 e. The van der Waals surface area contributed by atoms with Crippen molar-refractivity contribution in [2.24, 2.45) is 11.8 Å². The van der Waals surface area contributed by atoms with Gasteiger partial charge in [0.15, 0.2) is 0 Å². The van der Waals surface area contributed by atoms with Gasteiger partial charge >= 0.3 is 11.9 Å². The third-order valence-electron chi connectivity index (χ3n) is 10.3. The second-order valence-corrected chi connectivity index (χ2v) is 15.4. The maximum atomic E-state index is 15.5. The van der Waals surface area contributed by atoms with E-state index in [1.54, 1.807) is 26.0 Å². The second-order valence-electron chi connectivity index (χ2n) is 15.4. The van der Waals surface area contributed by atoms with E-state index in [1.165, 1.54) is 51.0 Å². The van der Waals surface area contributed by atoms with Crippen LogP contribution in [0.2, 0.25) is 0 Å². The number of nitrogens with one attached hydrogen (secondary N) is 1. The highest BCUT2D eigenvalue weighted by Crippen LogP contribution is 2.46. The van der Waals surface area contributed by atoms with E-state index in [4.69, 9.17) is 9.47 Å². The molecule has 6 rings (SSSR count). The molecule has 0 bridgehead atoms. The van der Waals surface area contributed by atoms with Crippen LogP contribution in [-0.2, 0) is 9.47 Å². The zero-order chi connectivity index (χ0) is 39.9. The Morgan fingerprint density at radius 3 is 1.40 bits per heavy atom. The molecule has 2 fully saturated rings. The Labute approximate surface area is 322 Å². The number of alkyl halides is 2. The molecule has 2 atom stereocenters. The van der Waals surface area contributed by atoms with Crippen molar-refractivity contribution in [2.45, 2.75) is 70.8 Å². The predicted molar refractivity (Wildman–Crippen MR) is 207 cm³/mol.